The third kappa shape index (κ3) is 3.66. The fraction of sp³-hybridized carbons (Fsp3) is 0.941. The fourth-order valence-electron chi connectivity index (χ4n) is 4.32. The monoisotopic (exact) mass is 327 g/mol. The van der Waals surface area contributed by atoms with E-state index in [2.05, 4.69) is 0 Å². The zero-order valence-corrected chi connectivity index (χ0v) is 14.5. The highest BCUT2D eigenvalue weighted by molar-refractivity contribution is 7.91. The lowest BCUT2D eigenvalue weighted by atomic mass is 9.63. The molecule has 1 aliphatic heterocycles. The van der Waals surface area contributed by atoms with Gasteiger partial charge in [0, 0.05) is 20.0 Å². The number of sulfone groups is 1. The minimum atomic E-state index is -2.84. The number of carbonyl (C=O) groups is 1. The van der Waals surface area contributed by atoms with E-state index in [1.807, 2.05) is 7.05 Å². The normalized spacial score (nSPS) is 28.4. The molecule has 1 atom stereocenters. The minimum Gasteiger partial charge on any atom is -0.345 e. The first-order chi connectivity index (χ1) is 10.4. The molecule has 1 saturated heterocycles. The summed E-state index contributed by atoms with van der Waals surface area (Å²) in [5.41, 5.74) is 0. The van der Waals surface area contributed by atoms with E-state index in [0.717, 1.165) is 11.8 Å². The van der Waals surface area contributed by atoms with Crippen molar-refractivity contribution in [3.05, 3.63) is 0 Å². The predicted molar refractivity (Wildman–Crippen MR) is 87.2 cm³/mol. The Labute approximate surface area is 134 Å². The lowest BCUT2D eigenvalue weighted by Crippen LogP contribution is -2.39. The van der Waals surface area contributed by atoms with E-state index >= 15 is 0 Å². The molecule has 0 aromatic heterocycles. The summed E-state index contributed by atoms with van der Waals surface area (Å²) < 4.78 is 23.1. The van der Waals surface area contributed by atoms with Crippen molar-refractivity contribution in [3.8, 4) is 0 Å². The van der Waals surface area contributed by atoms with Crippen molar-refractivity contribution < 1.29 is 13.2 Å². The molecule has 0 N–H and O–H groups in total. The Kier molecular flexibility index (Phi) is 4.81. The fourth-order valence-corrected chi connectivity index (χ4v) is 6.17. The van der Waals surface area contributed by atoms with Gasteiger partial charge in [0.1, 0.15) is 0 Å². The van der Waals surface area contributed by atoms with Crippen LogP contribution in [0.4, 0.5) is 0 Å². The standard InChI is InChI=1S/C17H29NO3S/c1-18(11-13-8-9-22(20,21)12-13)17(19)10-16(14-4-2-5-14)15-6-3-7-15/h13-16H,2-12H2,1H3. The van der Waals surface area contributed by atoms with E-state index in [0.29, 0.717) is 31.1 Å². The van der Waals surface area contributed by atoms with Crippen molar-refractivity contribution in [2.75, 3.05) is 25.1 Å². The van der Waals surface area contributed by atoms with Crippen LogP contribution < -0.4 is 0 Å². The number of carbonyl (C=O) groups excluding carboxylic acids is 1. The van der Waals surface area contributed by atoms with Gasteiger partial charge in [0.2, 0.25) is 5.91 Å². The van der Waals surface area contributed by atoms with Gasteiger partial charge in [0.15, 0.2) is 9.84 Å². The summed E-state index contributed by atoms with van der Waals surface area (Å²) in [5.74, 6) is 3.07. The predicted octanol–water partition coefficient (Wildman–Crippen LogP) is 2.49. The molecule has 0 bridgehead atoms. The molecule has 2 aliphatic carbocycles. The Morgan fingerprint density at radius 1 is 1.09 bits per heavy atom. The molecule has 0 spiro atoms. The molecule has 0 aromatic rings. The molecule has 1 unspecified atom stereocenters. The maximum atomic E-state index is 12.6. The van der Waals surface area contributed by atoms with E-state index < -0.39 is 9.84 Å². The Hall–Kier alpha value is -0.580. The lowest BCUT2D eigenvalue weighted by molar-refractivity contribution is -0.133. The zero-order valence-electron chi connectivity index (χ0n) is 13.7. The van der Waals surface area contributed by atoms with Gasteiger partial charge in [-0.2, -0.15) is 0 Å². The molecular weight excluding hydrogens is 298 g/mol. The molecule has 3 fully saturated rings. The van der Waals surface area contributed by atoms with Crippen LogP contribution in [0.25, 0.3) is 0 Å². The van der Waals surface area contributed by atoms with Gasteiger partial charge in [-0.25, -0.2) is 8.42 Å². The maximum Gasteiger partial charge on any atom is 0.222 e. The second-order valence-corrected chi connectivity index (χ2v) is 10.0. The largest absolute Gasteiger partial charge is 0.345 e. The van der Waals surface area contributed by atoms with E-state index in [1.165, 1.54) is 38.5 Å². The van der Waals surface area contributed by atoms with Crippen LogP contribution in [0.3, 0.4) is 0 Å². The Balaban J connectivity index is 1.51. The van der Waals surface area contributed by atoms with Gasteiger partial charge in [-0.05, 0) is 30.1 Å². The van der Waals surface area contributed by atoms with Gasteiger partial charge in [-0.1, -0.05) is 38.5 Å². The molecule has 1 amide bonds. The lowest BCUT2D eigenvalue weighted by Gasteiger charge is -2.43. The van der Waals surface area contributed by atoms with Crippen LogP contribution in [0.15, 0.2) is 0 Å². The van der Waals surface area contributed by atoms with Crippen molar-refractivity contribution in [1.29, 1.82) is 0 Å². The summed E-state index contributed by atoms with van der Waals surface area (Å²) in [6.45, 7) is 0.611. The van der Waals surface area contributed by atoms with Crippen molar-refractivity contribution in [1.82, 2.24) is 4.90 Å². The quantitative estimate of drug-likeness (QED) is 0.753. The van der Waals surface area contributed by atoms with E-state index in [4.69, 9.17) is 0 Å². The highest BCUT2D eigenvalue weighted by Gasteiger charge is 2.38. The van der Waals surface area contributed by atoms with E-state index in [1.54, 1.807) is 4.90 Å². The van der Waals surface area contributed by atoms with Gasteiger partial charge in [0.05, 0.1) is 11.5 Å². The zero-order chi connectivity index (χ0) is 15.7. The van der Waals surface area contributed by atoms with E-state index in [-0.39, 0.29) is 17.6 Å². The highest BCUT2D eigenvalue weighted by atomic mass is 32.2. The third-order valence-corrected chi connectivity index (χ3v) is 8.04. The summed E-state index contributed by atoms with van der Waals surface area (Å²) >= 11 is 0. The average molecular weight is 327 g/mol. The number of hydrogen-bond acceptors (Lipinski definition) is 3. The van der Waals surface area contributed by atoms with Crippen LogP contribution in [0, 0.1) is 23.7 Å². The molecule has 4 nitrogen and oxygen atoms in total. The molecule has 1 heterocycles. The first-order valence-corrected chi connectivity index (χ1v) is 10.7. The molecule has 22 heavy (non-hydrogen) atoms. The van der Waals surface area contributed by atoms with Crippen molar-refractivity contribution >= 4 is 15.7 Å². The SMILES string of the molecule is CN(CC1CCS(=O)(=O)C1)C(=O)CC(C1CCC1)C1CCC1. The van der Waals surface area contributed by atoms with Crippen LogP contribution in [0.2, 0.25) is 0 Å². The summed E-state index contributed by atoms with van der Waals surface area (Å²) in [6.07, 6.45) is 9.28. The molecule has 3 aliphatic rings. The molecule has 3 rings (SSSR count). The summed E-state index contributed by atoms with van der Waals surface area (Å²) in [7, 11) is -0.991. The summed E-state index contributed by atoms with van der Waals surface area (Å²) in [5, 5.41) is 0. The molecule has 0 aromatic carbocycles. The van der Waals surface area contributed by atoms with E-state index in [9.17, 15) is 13.2 Å². The van der Waals surface area contributed by atoms with Gasteiger partial charge < -0.3 is 4.90 Å². The smallest absolute Gasteiger partial charge is 0.222 e. The topological polar surface area (TPSA) is 54.5 Å². The van der Waals surface area contributed by atoms with Crippen molar-refractivity contribution in [2.24, 2.45) is 23.7 Å². The second-order valence-electron chi connectivity index (χ2n) is 7.79. The second kappa shape index (κ2) is 6.50. The van der Waals surface area contributed by atoms with Crippen LogP contribution >= 0.6 is 0 Å². The number of rotatable bonds is 6. The first kappa shape index (κ1) is 16.3. The van der Waals surface area contributed by atoms with Crippen LogP contribution in [-0.2, 0) is 14.6 Å². The number of hydrogen-bond donors (Lipinski definition) is 0. The van der Waals surface area contributed by atoms with Crippen LogP contribution in [0.1, 0.15) is 51.4 Å². The average Bonchev–Trinajstić information content (AvgIpc) is 2.63. The molecule has 5 heteroatoms. The maximum absolute atomic E-state index is 12.6. The molecule has 2 saturated carbocycles. The first-order valence-electron chi connectivity index (χ1n) is 8.89. The Morgan fingerprint density at radius 3 is 2.09 bits per heavy atom. The summed E-state index contributed by atoms with van der Waals surface area (Å²) in [6, 6.07) is 0. The molecule has 0 radical (unpaired) electrons. The number of nitrogens with zero attached hydrogens (tertiary/aromatic N) is 1. The third-order valence-electron chi connectivity index (χ3n) is 6.21. The Morgan fingerprint density at radius 2 is 1.68 bits per heavy atom. The molecule has 126 valence electrons. The summed E-state index contributed by atoms with van der Waals surface area (Å²) in [4.78, 5) is 14.4. The Bertz CT molecular complexity index is 494. The van der Waals surface area contributed by atoms with Crippen molar-refractivity contribution in [3.63, 3.8) is 0 Å². The van der Waals surface area contributed by atoms with Gasteiger partial charge in [0.25, 0.3) is 0 Å². The minimum absolute atomic E-state index is 0.143. The van der Waals surface area contributed by atoms with Gasteiger partial charge >= 0.3 is 0 Å². The number of amides is 1. The van der Waals surface area contributed by atoms with Gasteiger partial charge in [-0.3, -0.25) is 4.79 Å². The van der Waals surface area contributed by atoms with Gasteiger partial charge in [-0.15, -0.1) is 0 Å². The van der Waals surface area contributed by atoms with Crippen molar-refractivity contribution in [2.45, 2.75) is 51.4 Å². The van der Waals surface area contributed by atoms with Crippen LogP contribution in [0.5, 0.6) is 0 Å². The highest BCUT2D eigenvalue weighted by Crippen LogP contribution is 2.46. The van der Waals surface area contributed by atoms with Crippen LogP contribution in [-0.4, -0.2) is 44.3 Å². The molecular formula is C17H29NO3S.